The van der Waals surface area contributed by atoms with Gasteiger partial charge in [0.15, 0.2) is 0 Å². The third-order valence-electron chi connectivity index (χ3n) is 3.29. The SMILES string of the molecule is C#CCSCCNC1CCC(CC)CC1. The highest BCUT2D eigenvalue weighted by atomic mass is 32.2. The number of terminal acetylenes is 1. The van der Waals surface area contributed by atoms with Crippen LogP contribution in [0.3, 0.4) is 0 Å². The molecule has 0 bridgehead atoms. The van der Waals surface area contributed by atoms with E-state index in [4.69, 9.17) is 6.42 Å². The highest BCUT2D eigenvalue weighted by Crippen LogP contribution is 2.26. The summed E-state index contributed by atoms with van der Waals surface area (Å²) in [5, 5.41) is 3.64. The quantitative estimate of drug-likeness (QED) is 0.551. The van der Waals surface area contributed by atoms with E-state index in [1.807, 2.05) is 11.8 Å². The molecular weight excluding hydrogens is 202 g/mol. The summed E-state index contributed by atoms with van der Waals surface area (Å²) in [6, 6.07) is 0.777. The molecule has 1 aliphatic rings. The first-order valence-corrected chi connectivity index (χ1v) is 7.26. The Bertz CT molecular complexity index is 189. The molecule has 0 unspecified atom stereocenters. The zero-order chi connectivity index (χ0) is 10.9. The molecule has 0 aromatic carbocycles. The third-order valence-corrected chi connectivity index (χ3v) is 4.15. The molecule has 86 valence electrons. The van der Waals surface area contributed by atoms with Crippen LogP contribution in [-0.4, -0.2) is 24.1 Å². The minimum Gasteiger partial charge on any atom is -0.313 e. The minimum atomic E-state index is 0.777. The van der Waals surface area contributed by atoms with E-state index in [1.54, 1.807) is 0 Å². The van der Waals surface area contributed by atoms with Crippen LogP contribution in [0.2, 0.25) is 0 Å². The van der Waals surface area contributed by atoms with E-state index in [0.717, 1.165) is 30.0 Å². The molecule has 1 saturated carbocycles. The van der Waals surface area contributed by atoms with Crippen molar-refractivity contribution < 1.29 is 0 Å². The molecule has 2 heteroatoms. The molecule has 1 aliphatic carbocycles. The van der Waals surface area contributed by atoms with Crippen LogP contribution in [0.5, 0.6) is 0 Å². The van der Waals surface area contributed by atoms with Crippen molar-refractivity contribution in [2.75, 3.05) is 18.1 Å². The zero-order valence-electron chi connectivity index (χ0n) is 9.80. The monoisotopic (exact) mass is 225 g/mol. The molecular formula is C13H23NS. The lowest BCUT2D eigenvalue weighted by atomic mass is 9.84. The number of thioether (sulfide) groups is 1. The molecule has 15 heavy (non-hydrogen) atoms. The van der Waals surface area contributed by atoms with Crippen molar-refractivity contribution >= 4 is 11.8 Å². The van der Waals surface area contributed by atoms with Crippen molar-refractivity contribution in [3.63, 3.8) is 0 Å². The maximum Gasteiger partial charge on any atom is 0.0545 e. The average Bonchev–Trinajstić information content (AvgIpc) is 2.30. The highest BCUT2D eigenvalue weighted by Gasteiger charge is 2.18. The van der Waals surface area contributed by atoms with Crippen LogP contribution in [0.4, 0.5) is 0 Å². The molecule has 1 N–H and O–H groups in total. The van der Waals surface area contributed by atoms with Crippen molar-refractivity contribution in [2.24, 2.45) is 5.92 Å². The van der Waals surface area contributed by atoms with Crippen molar-refractivity contribution in [1.29, 1.82) is 0 Å². The Balaban J connectivity index is 1.97. The predicted octanol–water partition coefficient (Wildman–Crippen LogP) is 2.91. The van der Waals surface area contributed by atoms with E-state index in [0.29, 0.717) is 0 Å². The summed E-state index contributed by atoms with van der Waals surface area (Å²) in [4.78, 5) is 0. The van der Waals surface area contributed by atoms with Crippen LogP contribution in [0, 0.1) is 18.3 Å². The second-order valence-corrected chi connectivity index (χ2v) is 5.44. The van der Waals surface area contributed by atoms with Crippen LogP contribution in [-0.2, 0) is 0 Å². The fraction of sp³-hybridized carbons (Fsp3) is 0.846. The number of nitrogens with one attached hydrogen (secondary N) is 1. The lowest BCUT2D eigenvalue weighted by Gasteiger charge is -2.28. The summed E-state index contributed by atoms with van der Waals surface area (Å²) >= 11 is 1.85. The standard InChI is InChI=1S/C13H23NS/c1-3-10-15-11-9-14-13-7-5-12(4-2)6-8-13/h1,12-14H,4-11H2,2H3. The summed E-state index contributed by atoms with van der Waals surface area (Å²) < 4.78 is 0. The molecule has 0 aromatic heterocycles. The summed E-state index contributed by atoms with van der Waals surface area (Å²) in [6.45, 7) is 3.43. The largest absolute Gasteiger partial charge is 0.313 e. The summed E-state index contributed by atoms with van der Waals surface area (Å²) in [6.07, 6.45) is 12.1. The average molecular weight is 225 g/mol. The van der Waals surface area contributed by atoms with Crippen molar-refractivity contribution in [3.8, 4) is 12.3 Å². The van der Waals surface area contributed by atoms with Gasteiger partial charge in [-0.3, -0.25) is 0 Å². The molecule has 1 nitrogen and oxygen atoms in total. The van der Waals surface area contributed by atoms with E-state index < -0.39 is 0 Å². The number of rotatable bonds is 6. The fourth-order valence-electron chi connectivity index (χ4n) is 2.24. The van der Waals surface area contributed by atoms with Crippen molar-refractivity contribution in [2.45, 2.75) is 45.1 Å². The Kier molecular flexibility index (Phi) is 6.96. The van der Waals surface area contributed by atoms with E-state index in [2.05, 4.69) is 18.2 Å². The molecule has 0 aromatic rings. The van der Waals surface area contributed by atoms with E-state index in [-0.39, 0.29) is 0 Å². The smallest absolute Gasteiger partial charge is 0.0545 e. The van der Waals surface area contributed by atoms with Gasteiger partial charge in [0.1, 0.15) is 0 Å². The van der Waals surface area contributed by atoms with Gasteiger partial charge in [-0.05, 0) is 31.6 Å². The minimum absolute atomic E-state index is 0.777. The Morgan fingerprint density at radius 1 is 1.33 bits per heavy atom. The van der Waals surface area contributed by atoms with Gasteiger partial charge in [-0.25, -0.2) is 0 Å². The lowest BCUT2D eigenvalue weighted by molar-refractivity contribution is 0.289. The second-order valence-electron chi connectivity index (χ2n) is 4.34. The maximum atomic E-state index is 5.19. The first kappa shape index (κ1) is 12.9. The normalized spacial score (nSPS) is 26.1. The van der Waals surface area contributed by atoms with Crippen LogP contribution in [0.15, 0.2) is 0 Å². The lowest BCUT2D eigenvalue weighted by Crippen LogP contribution is -2.34. The zero-order valence-corrected chi connectivity index (χ0v) is 10.6. The molecule has 0 radical (unpaired) electrons. The topological polar surface area (TPSA) is 12.0 Å². The second kappa shape index (κ2) is 8.07. The van der Waals surface area contributed by atoms with Crippen LogP contribution >= 0.6 is 11.8 Å². The maximum absolute atomic E-state index is 5.19. The highest BCUT2D eigenvalue weighted by molar-refractivity contribution is 7.99. The van der Waals surface area contributed by atoms with Gasteiger partial charge in [0.05, 0.1) is 5.75 Å². The summed E-state index contributed by atoms with van der Waals surface area (Å²) in [5.41, 5.74) is 0. The van der Waals surface area contributed by atoms with Gasteiger partial charge >= 0.3 is 0 Å². The summed E-state index contributed by atoms with van der Waals surface area (Å²) in [5.74, 6) is 5.66. The molecule has 0 atom stereocenters. The Hall–Kier alpha value is -0.130. The molecule has 0 aliphatic heterocycles. The first-order chi connectivity index (χ1) is 7.36. The predicted molar refractivity (Wildman–Crippen MR) is 70.2 cm³/mol. The molecule has 0 amide bonds. The van der Waals surface area contributed by atoms with Gasteiger partial charge in [-0.2, -0.15) is 0 Å². The van der Waals surface area contributed by atoms with Gasteiger partial charge in [0.25, 0.3) is 0 Å². The molecule has 0 heterocycles. The molecule has 1 rings (SSSR count). The third kappa shape index (κ3) is 5.49. The van der Waals surface area contributed by atoms with E-state index in [9.17, 15) is 0 Å². The van der Waals surface area contributed by atoms with Gasteiger partial charge in [-0.1, -0.05) is 19.3 Å². The molecule has 0 spiro atoms. The summed E-state index contributed by atoms with van der Waals surface area (Å²) in [7, 11) is 0. The molecule has 1 fully saturated rings. The van der Waals surface area contributed by atoms with E-state index in [1.165, 1.54) is 32.1 Å². The van der Waals surface area contributed by atoms with Crippen molar-refractivity contribution in [1.82, 2.24) is 5.32 Å². The van der Waals surface area contributed by atoms with Gasteiger partial charge in [0, 0.05) is 18.3 Å². The Morgan fingerprint density at radius 3 is 2.67 bits per heavy atom. The van der Waals surface area contributed by atoms with Crippen LogP contribution < -0.4 is 5.32 Å². The number of hydrogen-bond acceptors (Lipinski definition) is 2. The Morgan fingerprint density at radius 2 is 2.07 bits per heavy atom. The van der Waals surface area contributed by atoms with E-state index >= 15 is 0 Å². The first-order valence-electron chi connectivity index (χ1n) is 6.11. The van der Waals surface area contributed by atoms with Gasteiger partial charge in [0.2, 0.25) is 0 Å². The molecule has 0 saturated heterocycles. The van der Waals surface area contributed by atoms with Gasteiger partial charge in [-0.15, -0.1) is 18.2 Å². The van der Waals surface area contributed by atoms with Crippen molar-refractivity contribution in [3.05, 3.63) is 0 Å². The fourth-order valence-corrected chi connectivity index (χ4v) is 2.77. The van der Waals surface area contributed by atoms with Crippen LogP contribution in [0.25, 0.3) is 0 Å². The van der Waals surface area contributed by atoms with Gasteiger partial charge < -0.3 is 5.32 Å². The van der Waals surface area contributed by atoms with Crippen LogP contribution in [0.1, 0.15) is 39.0 Å². The number of hydrogen-bond donors (Lipinski definition) is 1. The Labute approximate surface area is 98.8 Å².